The molecule has 0 aromatic heterocycles. The molecule has 1 atom stereocenters. The van der Waals surface area contributed by atoms with Crippen molar-refractivity contribution in [2.24, 2.45) is 0 Å². The van der Waals surface area contributed by atoms with Gasteiger partial charge in [-0.2, -0.15) is 0 Å². The van der Waals surface area contributed by atoms with Crippen LogP contribution in [0.1, 0.15) is 18.9 Å². The van der Waals surface area contributed by atoms with E-state index in [2.05, 4.69) is 5.32 Å². The van der Waals surface area contributed by atoms with Gasteiger partial charge in [-0.3, -0.25) is 4.79 Å². The standard InChI is InChI=1S/C14H19NO5/c1-2-19-13(17)8-12(9-16)15-14(18)20-10-11-6-4-3-5-7-11/h3-7,12,16H,2,8-10H2,1H3,(H,15,18). The minimum atomic E-state index is -0.711. The van der Waals surface area contributed by atoms with Crippen molar-refractivity contribution in [1.29, 1.82) is 0 Å². The fourth-order valence-electron chi connectivity index (χ4n) is 1.51. The van der Waals surface area contributed by atoms with Gasteiger partial charge in [-0.25, -0.2) is 4.79 Å². The predicted molar refractivity (Wildman–Crippen MR) is 71.9 cm³/mol. The molecule has 0 saturated carbocycles. The molecule has 0 saturated heterocycles. The van der Waals surface area contributed by atoms with E-state index in [1.54, 1.807) is 6.92 Å². The number of aliphatic hydroxyl groups excluding tert-OH is 1. The lowest BCUT2D eigenvalue weighted by molar-refractivity contribution is -0.143. The number of carbonyl (C=O) groups is 2. The van der Waals surface area contributed by atoms with Crippen molar-refractivity contribution in [1.82, 2.24) is 5.32 Å². The summed E-state index contributed by atoms with van der Waals surface area (Å²) in [6, 6.07) is 8.49. The van der Waals surface area contributed by atoms with E-state index in [-0.39, 0.29) is 26.2 Å². The number of benzene rings is 1. The Hall–Kier alpha value is -2.08. The molecule has 0 heterocycles. The van der Waals surface area contributed by atoms with Gasteiger partial charge in [0.15, 0.2) is 0 Å². The second kappa shape index (κ2) is 8.92. The van der Waals surface area contributed by atoms with Crippen molar-refractivity contribution in [3.8, 4) is 0 Å². The SMILES string of the molecule is CCOC(=O)CC(CO)NC(=O)OCc1ccccc1. The molecule has 6 nitrogen and oxygen atoms in total. The van der Waals surface area contributed by atoms with Crippen molar-refractivity contribution >= 4 is 12.1 Å². The summed E-state index contributed by atoms with van der Waals surface area (Å²) in [5.74, 6) is -0.477. The van der Waals surface area contributed by atoms with Gasteiger partial charge in [-0.05, 0) is 12.5 Å². The molecule has 0 radical (unpaired) electrons. The molecular weight excluding hydrogens is 262 g/mol. The molecule has 0 aliphatic heterocycles. The highest BCUT2D eigenvalue weighted by molar-refractivity contribution is 5.72. The van der Waals surface area contributed by atoms with Gasteiger partial charge in [0.1, 0.15) is 6.61 Å². The van der Waals surface area contributed by atoms with Gasteiger partial charge in [0, 0.05) is 0 Å². The average Bonchev–Trinajstić information content (AvgIpc) is 2.45. The van der Waals surface area contributed by atoms with Gasteiger partial charge in [-0.1, -0.05) is 30.3 Å². The summed E-state index contributed by atoms with van der Waals surface area (Å²) >= 11 is 0. The van der Waals surface area contributed by atoms with Crippen LogP contribution in [0.15, 0.2) is 30.3 Å². The van der Waals surface area contributed by atoms with Crippen molar-refractivity contribution < 1.29 is 24.2 Å². The van der Waals surface area contributed by atoms with Crippen LogP contribution >= 0.6 is 0 Å². The Morgan fingerprint density at radius 2 is 1.95 bits per heavy atom. The Labute approximate surface area is 117 Å². The number of amides is 1. The van der Waals surface area contributed by atoms with Crippen LogP contribution in [0.2, 0.25) is 0 Å². The molecular formula is C14H19NO5. The average molecular weight is 281 g/mol. The number of hydrogen-bond acceptors (Lipinski definition) is 5. The summed E-state index contributed by atoms with van der Waals surface area (Å²) in [6.45, 7) is 1.71. The molecule has 1 amide bonds. The zero-order chi connectivity index (χ0) is 14.8. The highest BCUT2D eigenvalue weighted by atomic mass is 16.5. The third-order valence-corrected chi connectivity index (χ3v) is 2.47. The van der Waals surface area contributed by atoms with E-state index in [4.69, 9.17) is 14.6 Å². The monoisotopic (exact) mass is 281 g/mol. The number of nitrogens with one attached hydrogen (secondary N) is 1. The predicted octanol–water partition coefficient (Wildman–Crippen LogP) is 1.23. The van der Waals surface area contributed by atoms with Crippen molar-refractivity contribution in [3.05, 3.63) is 35.9 Å². The number of carbonyl (C=O) groups excluding carboxylic acids is 2. The molecule has 6 heteroatoms. The van der Waals surface area contributed by atoms with Gasteiger partial charge < -0.3 is 19.9 Å². The number of aliphatic hydroxyl groups is 1. The number of alkyl carbamates (subject to hydrolysis) is 1. The number of ether oxygens (including phenoxy) is 2. The van der Waals surface area contributed by atoms with E-state index >= 15 is 0 Å². The molecule has 1 aromatic rings. The second-order valence-corrected chi connectivity index (χ2v) is 4.09. The summed E-state index contributed by atoms with van der Waals surface area (Å²) in [7, 11) is 0. The number of rotatable bonds is 7. The minimum absolute atomic E-state index is 0.0925. The first kappa shape index (κ1) is 16.0. The maximum atomic E-state index is 11.5. The van der Waals surface area contributed by atoms with E-state index in [9.17, 15) is 9.59 Å². The smallest absolute Gasteiger partial charge is 0.407 e. The number of esters is 1. The normalized spacial score (nSPS) is 11.5. The maximum absolute atomic E-state index is 11.5. The molecule has 0 fully saturated rings. The van der Waals surface area contributed by atoms with Crippen LogP contribution in [0.5, 0.6) is 0 Å². The quantitative estimate of drug-likeness (QED) is 0.734. The molecule has 0 spiro atoms. The zero-order valence-electron chi connectivity index (χ0n) is 11.4. The van der Waals surface area contributed by atoms with Gasteiger partial charge in [-0.15, -0.1) is 0 Å². The molecule has 1 rings (SSSR count). The third-order valence-electron chi connectivity index (χ3n) is 2.47. The Morgan fingerprint density at radius 1 is 1.25 bits per heavy atom. The first-order chi connectivity index (χ1) is 9.65. The minimum Gasteiger partial charge on any atom is -0.466 e. The molecule has 1 aromatic carbocycles. The highest BCUT2D eigenvalue weighted by Gasteiger charge is 2.17. The van der Waals surface area contributed by atoms with Gasteiger partial charge in [0.05, 0.1) is 25.7 Å². The highest BCUT2D eigenvalue weighted by Crippen LogP contribution is 2.01. The summed E-state index contributed by atoms with van der Waals surface area (Å²) in [6.07, 6.45) is -0.776. The summed E-state index contributed by atoms with van der Waals surface area (Å²) in [5, 5.41) is 11.5. The van der Waals surface area contributed by atoms with E-state index < -0.39 is 18.1 Å². The fraction of sp³-hybridized carbons (Fsp3) is 0.429. The Balaban J connectivity index is 2.34. The van der Waals surface area contributed by atoms with E-state index in [0.29, 0.717) is 0 Å². The van der Waals surface area contributed by atoms with Crippen LogP contribution in [0.25, 0.3) is 0 Å². The lowest BCUT2D eigenvalue weighted by atomic mass is 10.2. The van der Waals surface area contributed by atoms with Crippen molar-refractivity contribution in [2.75, 3.05) is 13.2 Å². The van der Waals surface area contributed by atoms with Gasteiger partial charge in [0.2, 0.25) is 0 Å². The van der Waals surface area contributed by atoms with Crippen LogP contribution < -0.4 is 5.32 Å². The Morgan fingerprint density at radius 3 is 2.55 bits per heavy atom. The van der Waals surface area contributed by atoms with Crippen molar-refractivity contribution in [2.45, 2.75) is 26.0 Å². The summed E-state index contributed by atoms with van der Waals surface area (Å²) in [4.78, 5) is 22.8. The van der Waals surface area contributed by atoms with Crippen LogP contribution in [0, 0.1) is 0 Å². The van der Waals surface area contributed by atoms with Crippen LogP contribution in [0.4, 0.5) is 4.79 Å². The molecule has 1 unspecified atom stereocenters. The molecule has 2 N–H and O–H groups in total. The largest absolute Gasteiger partial charge is 0.466 e. The molecule has 20 heavy (non-hydrogen) atoms. The van der Waals surface area contributed by atoms with Crippen molar-refractivity contribution in [3.63, 3.8) is 0 Å². The van der Waals surface area contributed by atoms with E-state index in [1.165, 1.54) is 0 Å². The van der Waals surface area contributed by atoms with E-state index in [0.717, 1.165) is 5.56 Å². The maximum Gasteiger partial charge on any atom is 0.407 e. The molecule has 0 aliphatic rings. The lowest BCUT2D eigenvalue weighted by Crippen LogP contribution is -2.39. The Bertz CT molecular complexity index is 421. The topological polar surface area (TPSA) is 84.9 Å². The third kappa shape index (κ3) is 6.19. The summed E-state index contributed by atoms with van der Waals surface area (Å²) in [5.41, 5.74) is 0.855. The fourth-order valence-corrected chi connectivity index (χ4v) is 1.51. The van der Waals surface area contributed by atoms with E-state index in [1.807, 2.05) is 30.3 Å². The van der Waals surface area contributed by atoms with Crippen LogP contribution in [-0.2, 0) is 20.9 Å². The summed E-state index contributed by atoms with van der Waals surface area (Å²) < 4.78 is 9.73. The van der Waals surface area contributed by atoms with Gasteiger partial charge in [0.25, 0.3) is 0 Å². The molecule has 0 aliphatic carbocycles. The second-order valence-electron chi connectivity index (χ2n) is 4.09. The van der Waals surface area contributed by atoms with Gasteiger partial charge >= 0.3 is 12.1 Å². The zero-order valence-corrected chi connectivity index (χ0v) is 11.4. The Kier molecular flexibility index (Phi) is 7.13. The lowest BCUT2D eigenvalue weighted by Gasteiger charge is -2.15. The number of hydrogen-bond donors (Lipinski definition) is 2. The molecule has 0 bridgehead atoms. The van der Waals surface area contributed by atoms with Crippen LogP contribution in [-0.4, -0.2) is 36.4 Å². The first-order valence-corrected chi connectivity index (χ1v) is 6.39. The first-order valence-electron chi connectivity index (χ1n) is 6.39. The van der Waals surface area contributed by atoms with Crippen LogP contribution in [0.3, 0.4) is 0 Å². The molecule has 110 valence electrons.